The fraction of sp³-hybridized carbons (Fsp3) is 0.179. The Morgan fingerprint density at radius 2 is 1.79 bits per heavy atom. The minimum absolute atomic E-state index is 0.177. The third-order valence-electron chi connectivity index (χ3n) is 5.82. The van der Waals surface area contributed by atoms with E-state index in [1.54, 1.807) is 36.4 Å². The van der Waals surface area contributed by atoms with Gasteiger partial charge in [-0.15, -0.1) is 0 Å². The summed E-state index contributed by atoms with van der Waals surface area (Å²) in [4.78, 5) is 39.4. The quantitative estimate of drug-likeness (QED) is 0.297. The third-order valence-corrected chi connectivity index (χ3v) is 7.41. The van der Waals surface area contributed by atoms with Crippen LogP contribution in [0.15, 0.2) is 59.5 Å². The summed E-state index contributed by atoms with van der Waals surface area (Å²) in [6, 6.07) is 16.0. The lowest BCUT2D eigenvalue weighted by Gasteiger charge is -2.14. The molecule has 1 N–H and O–H groups in total. The lowest BCUT2D eigenvalue weighted by atomic mass is 10.1. The number of aryl methyl sites for hydroxylation is 2. The highest BCUT2D eigenvalue weighted by molar-refractivity contribution is 8.18. The van der Waals surface area contributed by atoms with Crippen LogP contribution in [0.3, 0.4) is 0 Å². The van der Waals surface area contributed by atoms with Crippen LogP contribution in [0.25, 0.3) is 6.08 Å². The van der Waals surface area contributed by atoms with Gasteiger partial charge < -0.3 is 14.8 Å². The highest BCUT2D eigenvalue weighted by Crippen LogP contribution is 2.39. The number of amides is 3. The Morgan fingerprint density at radius 3 is 2.50 bits per heavy atom. The zero-order valence-electron chi connectivity index (χ0n) is 20.8. The Hall–Kier alpha value is -3.46. The molecule has 1 heterocycles. The predicted octanol–water partition coefficient (Wildman–Crippen LogP) is 6.87. The Labute approximate surface area is 234 Å². The van der Waals surface area contributed by atoms with Crippen LogP contribution in [0.5, 0.6) is 11.5 Å². The number of imide groups is 1. The minimum atomic E-state index is -0.408. The lowest BCUT2D eigenvalue weighted by molar-refractivity contribution is -0.123. The number of nitrogens with one attached hydrogen (secondary N) is 1. The summed E-state index contributed by atoms with van der Waals surface area (Å²) in [5.41, 5.74) is 3.88. The zero-order valence-corrected chi connectivity index (χ0v) is 23.2. The van der Waals surface area contributed by atoms with Crippen LogP contribution in [0, 0.1) is 13.8 Å². The van der Waals surface area contributed by atoms with Crippen molar-refractivity contribution in [2.75, 3.05) is 19.0 Å². The number of nitrogens with zero attached hydrogens (tertiary/aromatic N) is 1. The molecule has 0 atom stereocenters. The number of carbonyl (C=O) groups is 3. The van der Waals surface area contributed by atoms with Gasteiger partial charge in [-0.05, 0) is 78.2 Å². The molecule has 196 valence electrons. The molecular weight excluding hydrogens is 547 g/mol. The topological polar surface area (TPSA) is 84.9 Å². The number of anilines is 1. The van der Waals surface area contributed by atoms with Gasteiger partial charge in [0.25, 0.3) is 17.1 Å². The fourth-order valence-corrected chi connectivity index (χ4v) is 5.01. The first-order valence-corrected chi connectivity index (χ1v) is 13.1. The third kappa shape index (κ3) is 6.32. The number of benzene rings is 3. The van der Waals surface area contributed by atoms with Gasteiger partial charge in [-0.3, -0.25) is 19.3 Å². The lowest BCUT2D eigenvalue weighted by Crippen LogP contribution is -2.27. The summed E-state index contributed by atoms with van der Waals surface area (Å²) in [5, 5.41) is 3.09. The van der Waals surface area contributed by atoms with Gasteiger partial charge in [-0.1, -0.05) is 53.5 Å². The molecule has 0 radical (unpaired) electrons. The van der Waals surface area contributed by atoms with Crippen molar-refractivity contribution in [1.29, 1.82) is 0 Å². The number of halogens is 2. The second-order valence-corrected chi connectivity index (χ2v) is 10.3. The van der Waals surface area contributed by atoms with Crippen molar-refractivity contribution in [2.24, 2.45) is 0 Å². The minimum Gasteiger partial charge on any atom is -0.493 e. The monoisotopic (exact) mass is 570 g/mol. The largest absolute Gasteiger partial charge is 0.493 e. The normalized spacial score (nSPS) is 14.2. The Kier molecular flexibility index (Phi) is 8.66. The van der Waals surface area contributed by atoms with Gasteiger partial charge in [0.05, 0.1) is 23.6 Å². The maximum atomic E-state index is 13.0. The van der Waals surface area contributed by atoms with Gasteiger partial charge in [0.2, 0.25) is 0 Å². The number of rotatable bonds is 8. The molecule has 38 heavy (non-hydrogen) atoms. The zero-order chi connectivity index (χ0) is 27.4. The summed E-state index contributed by atoms with van der Waals surface area (Å²) in [7, 11) is 1.44. The molecule has 0 saturated carbocycles. The van der Waals surface area contributed by atoms with Crippen molar-refractivity contribution in [1.82, 2.24) is 4.90 Å². The van der Waals surface area contributed by atoms with E-state index in [-0.39, 0.29) is 45.7 Å². The van der Waals surface area contributed by atoms with Crippen LogP contribution in [0.2, 0.25) is 10.0 Å². The van der Waals surface area contributed by atoms with Gasteiger partial charge in [-0.25, -0.2) is 0 Å². The molecule has 0 bridgehead atoms. The van der Waals surface area contributed by atoms with E-state index >= 15 is 0 Å². The smallest absolute Gasteiger partial charge is 0.293 e. The molecule has 3 aromatic carbocycles. The number of hydrogen-bond acceptors (Lipinski definition) is 6. The van der Waals surface area contributed by atoms with E-state index in [1.807, 2.05) is 38.1 Å². The molecule has 3 aromatic rings. The van der Waals surface area contributed by atoms with E-state index < -0.39 is 5.91 Å². The second-order valence-electron chi connectivity index (χ2n) is 8.53. The van der Waals surface area contributed by atoms with E-state index in [9.17, 15) is 14.4 Å². The van der Waals surface area contributed by atoms with Crippen LogP contribution in [0.4, 0.5) is 10.5 Å². The first-order valence-electron chi connectivity index (χ1n) is 11.5. The van der Waals surface area contributed by atoms with Gasteiger partial charge in [0, 0.05) is 10.7 Å². The predicted molar refractivity (Wildman–Crippen MR) is 151 cm³/mol. The van der Waals surface area contributed by atoms with Crippen molar-refractivity contribution in [2.45, 2.75) is 20.4 Å². The number of thioether (sulfide) groups is 1. The van der Waals surface area contributed by atoms with Gasteiger partial charge in [0.15, 0.2) is 18.1 Å². The van der Waals surface area contributed by atoms with Gasteiger partial charge >= 0.3 is 0 Å². The molecule has 0 aromatic heterocycles. The number of ether oxygens (including phenoxy) is 2. The van der Waals surface area contributed by atoms with Crippen LogP contribution >= 0.6 is 35.0 Å². The average Bonchev–Trinajstić information content (AvgIpc) is 3.13. The molecule has 4 rings (SSSR count). The summed E-state index contributed by atoms with van der Waals surface area (Å²) in [6.45, 7) is 3.68. The van der Waals surface area contributed by atoms with E-state index in [0.29, 0.717) is 16.3 Å². The van der Waals surface area contributed by atoms with Crippen molar-refractivity contribution >= 4 is 63.8 Å². The summed E-state index contributed by atoms with van der Waals surface area (Å²) in [6.07, 6.45) is 1.58. The SMILES string of the molecule is COc1cc(/C=C2\SC(=O)N(Cc3ccccc3C)C2=O)cc(Cl)c1OCC(=O)Nc1ccc(C)c(Cl)c1. The molecule has 0 unspecified atom stereocenters. The van der Waals surface area contributed by atoms with Crippen LogP contribution in [-0.2, 0) is 16.1 Å². The van der Waals surface area contributed by atoms with Crippen molar-refractivity contribution in [3.8, 4) is 11.5 Å². The molecule has 7 nitrogen and oxygen atoms in total. The van der Waals surface area contributed by atoms with Gasteiger partial charge in [0.1, 0.15) is 0 Å². The van der Waals surface area contributed by atoms with Crippen molar-refractivity contribution in [3.63, 3.8) is 0 Å². The Bertz CT molecular complexity index is 1460. The van der Waals surface area contributed by atoms with Crippen LogP contribution in [-0.4, -0.2) is 35.7 Å². The number of hydrogen-bond donors (Lipinski definition) is 1. The Balaban J connectivity index is 1.47. The second kappa shape index (κ2) is 11.9. The number of methoxy groups -OCH3 is 1. The summed E-state index contributed by atoms with van der Waals surface area (Å²) in [5.74, 6) is -0.342. The van der Waals surface area contributed by atoms with Gasteiger partial charge in [-0.2, -0.15) is 0 Å². The first-order chi connectivity index (χ1) is 18.2. The molecule has 0 aliphatic carbocycles. The highest BCUT2D eigenvalue weighted by atomic mass is 35.5. The molecule has 1 aliphatic heterocycles. The first kappa shape index (κ1) is 27.6. The number of carbonyl (C=O) groups excluding carboxylic acids is 3. The molecule has 1 fully saturated rings. The van der Waals surface area contributed by atoms with E-state index in [2.05, 4.69) is 5.32 Å². The van der Waals surface area contributed by atoms with Crippen molar-refractivity contribution < 1.29 is 23.9 Å². The average molecular weight is 571 g/mol. The van der Waals surface area contributed by atoms with Crippen LogP contribution < -0.4 is 14.8 Å². The van der Waals surface area contributed by atoms with Crippen molar-refractivity contribution in [3.05, 3.63) is 91.8 Å². The molecule has 10 heteroatoms. The maximum Gasteiger partial charge on any atom is 0.293 e. The standard InChI is InChI=1S/C28H24Cl2N2O5S/c1-16-6-4-5-7-19(16)14-32-27(34)24(38-28(32)35)12-18-10-22(30)26(23(11-18)36-3)37-15-25(33)31-20-9-8-17(2)21(29)13-20/h4-13H,14-15H2,1-3H3,(H,31,33)/b24-12-. The maximum absolute atomic E-state index is 13.0. The van der Waals surface area contributed by atoms with E-state index in [4.69, 9.17) is 32.7 Å². The summed E-state index contributed by atoms with van der Waals surface area (Å²) < 4.78 is 11.1. The fourth-order valence-electron chi connectivity index (χ4n) is 3.71. The molecular formula is C28H24Cl2N2O5S. The molecule has 0 spiro atoms. The van der Waals surface area contributed by atoms with E-state index in [1.165, 1.54) is 12.0 Å². The van der Waals surface area contributed by atoms with Crippen LogP contribution in [0.1, 0.15) is 22.3 Å². The molecule has 1 aliphatic rings. The Morgan fingerprint density at radius 1 is 1.03 bits per heavy atom. The molecule has 3 amide bonds. The molecule has 1 saturated heterocycles. The highest BCUT2D eigenvalue weighted by Gasteiger charge is 2.35. The summed E-state index contributed by atoms with van der Waals surface area (Å²) >= 11 is 13.4. The van der Waals surface area contributed by atoms with E-state index in [0.717, 1.165) is 28.5 Å².